The average molecular weight is 336 g/mol. The number of halogens is 2. The minimum atomic E-state index is -2.62. The molecule has 0 saturated heterocycles. The lowest BCUT2D eigenvalue weighted by Gasteiger charge is -2.16. The molecular formula is C17H18F2N2O3. The van der Waals surface area contributed by atoms with E-state index in [-0.39, 0.29) is 18.1 Å². The van der Waals surface area contributed by atoms with Crippen LogP contribution < -0.4 is 10.1 Å². The molecule has 1 amide bonds. The van der Waals surface area contributed by atoms with Crippen molar-refractivity contribution >= 4 is 5.91 Å². The molecule has 1 heterocycles. The number of carbonyl (C=O) groups excluding carboxylic acids is 1. The Kier molecular flexibility index (Phi) is 6.62. The van der Waals surface area contributed by atoms with Crippen LogP contribution in [0.3, 0.4) is 0 Å². The first-order chi connectivity index (χ1) is 11.6. The molecule has 2 N–H and O–H groups in total. The van der Waals surface area contributed by atoms with Crippen molar-refractivity contribution in [3.8, 4) is 5.88 Å². The van der Waals surface area contributed by atoms with Crippen molar-refractivity contribution in [2.24, 2.45) is 0 Å². The number of aliphatic hydroxyl groups is 1. The number of nitrogens with zero attached hydrogens (tertiary/aromatic N) is 1. The van der Waals surface area contributed by atoms with Crippen LogP contribution in [0.5, 0.6) is 5.88 Å². The second-order valence-electron chi connectivity index (χ2n) is 5.13. The lowest BCUT2D eigenvalue weighted by Crippen LogP contribution is -2.39. The molecule has 1 unspecified atom stereocenters. The Bertz CT molecular complexity index is 653. The van der Waals surface area contributed by atoms with Crippen LogP contribution in [0, 0.1) is 0 Å². The summed E-state index contributed by atoms with van der Waals surface area (Å²) < 4.78 is 29.1. The number of rotatable bonds is 8. The van der Waals surface area contributed by atoms with E-state index in [1.54, 1.807) is 0 Å². The fraction of sp³-hybridized carbons (Fsp3) is 0.294. The molecule has 2 rings (SSSR count). The Morgan fingerprint density at radius 1 is 1.25 bits per heavy atom. The van der Waals surface area contributed by atoms with Gasteiger partial charge in [-0.3, -0.25) is 4.79 Å². The molecule has 0 bridgehead atoms. The number of alkyl halides is 2. The van der Waals surface area contributed by atoms with Crippen LogP contribution in [0.25, 0.3) is 0 Å². The monoisotopic (exact) mass is 336 g/mol. The normalized spacial score (nSPS) is 12.0. The molecule has 0 saturated carbocycles. The predicted molar refractivity (Wildman–Crippen MR) is 84.2 cm³/mol. The van der Waals surface area contributed by atoms with Gasteiger partial charge in [0.05, 0.1) is 12.6 Å². The quantitative estimate of drug-likeness (QED) is 0.774. The third-order valence-electron chi connectivity index (χ3n) is 3.23. The van der Waals surface area contributed by atoms with E-state index in [0.29, 0.717) is 6.42 Å². The van der Waals surface area contributed by atoms with E-state index in [2.05, 4.69) is 10.3 Å². The molecule has 0 aliphatic heterocycles. The van der Waals surface area contributed by atoms with Crippen molar-refractivity contribution in [3.05, 3.63) is 59.8 Å². The van der Waals surface area contributed by atoms with Crippen molar-refractivity contribution in [3.63, 3.8) is 0 Å². The highest BCUT2D eigenvalue weighted by atomic mass is 19.3. The van der Waals surface area contributed by atoms with E-state index in [1.165, 1.54) is 18.3 Å². The molecule has 1 atom stereocenters. The molecule has 0 radical (unpaired) electrons. The first-order valence-electron chi connectivity index (χ1n) is 7.41. The number of aliphatic hydroxyl groups excluding tert-OH is 1. The number of nitrogens with one attached hydrogen (secondary N) is 1. The summed E-state index contributed by atoms with van der Waals surface area (Å²) in [5, 5.41) is 12.2. The van der Waals surface area contributed by atoms with Crippen LogP contribution in [-0.2, 0) is 6.42 Å². The molecule has 0 fully saturated rings. The van der Waals surface area contributed by atoms with Gasteiger partial charge < -0.3 is 15.2 Å². The fourth-order valence-electron chi connectivity index (χ4n) is 2.11. The molecule has 0 aliphatic carbocycles. The molecule has 1 aromatic heterocycles. The number of hydrogen-bond donors (Lipinski definition) is 2. The number of ether oxygens (including phenoxy) is 1. The van der Waals surface area contributed by atoms with Crippen LogP contribution in [0.1, 0.15) is 15.9 Å². The van der Waals surface area contributed by atoms with Crippen molar-refractivity contribution in [2.75, 3.05) is 13.2 Å². The SMILES string of the molecule is O=C(NC(CO)Cc1ccccc1)c1ccnc(OCC(F)F)c1. The predicted octanol–water partition coefficient (Wildman–Crippen LogP) is 2.06. The fourth-order valence-corrected chi connectivity index (χ4v) is 2.11. The Morgan fingerprint density at radius 2 is 2.00 bits per heavy atom. The average Bonchev–Trinajstić information content (AvgIpc) is 2.60. The maximum atomic E-state index is 12.2. The molecule has 0 spiro atoms. The summed E-state index contributed by atoms with van der Waals surface area (Å²) in [4.78, 5) is 16.0. The number of amides is 1. The van der Waals surface area contributed by atoms with Crippen LogP contribution in [0.2, 0.25) is 0 Å². The summed E-state index contributed by atoms with van der Waals surface area (Å²) in [5.41, 5.74) is 1.20. The van der Waals surface area contributed by atoms with Gasteiger partial charge in [-0.25, -0.2) is 13.8 Å². The highest BCUT2D eigenvalue weighted by molar-refractivity contribution is 5.94. The molecule has 5 nitrogen and oxygen atoms in total. The maximum Gasteiger partial charge on any atom is 0.272 e. The third kappa shape index (κ3) is 5.58. The smallest absolute Gasteiger partial charge is 0.272 e. The highest BCUT2D eigenvalue weighted by Gasteiger charge is 2.15. The van der Waals surface area contributed by atoms with Crippen molar-refractivity contribution in [2.45, 2.75) is 18.9 Å². The number of carbonyl (C=O) groups is 1. The Balaban J connectivity index is 1.98. The minimum absolute atomic E-state index is 0.0495. The van der Waals surface area contributed by atoms with Crippen LogP contribution in [0.15, 0.2) is 48.7 Å². The van der Waals surface area contributed by atoms with Gasteiger partial charge in [-0.15, -0.1) is 0 Å². The van der Waals surface area contributed by atoms with E-state index in [1.807, 2.05) is 30.3 Å². The minimum Gasteiger partial charge on any atom is -0.472 e. The Morgan fingerprint density at radius 3 is 2.67 bits per heavy atom. The van der Waals surface area contributed by atoms with Crippen LogP contribution >= 0.6 is 0 Å². The zero-order chi connectivity index (χ0) is 17.4. The first kappa shape index (κ1) is 17.8. The number of hydrogen-bond acceptors (Lipinski definition) is 4. The summed E-state index contributed by atoms with van der Waals surface area (Å²) in [5.74, 6) is -0.485. The zero-order valence-corrected chi connectivity index (χ0v) is 12.9. The lowest BCUT2D eigenvalue weighted by atomic mass is 10.1. The van der Waals surface area contributed by atoms with Gasteiger partial charge in [0.25, 0.3) is 12.3 Å². The Labute approximate surface area is 138 Å². The summed E-state index contributed by atoms with van der Waals surface area (Å²) in [7, 11) is 0. The van der Waals surface area contributed by atoms with Gasteiger partial charge in [-0.1, -0.05) is 30.3 Å². The summed E-state index contributed by atoms with van der Waals surface area (Å²) >= 11 is 0. The number of pyridine rings is 1. The van der Waals surface area contributed by atoms with Gasteiger partial charge in [0.15, 0.2) is 6.61 Å². The van der Waals surface area contributed by atoms with E-state index in [4.69, 9.17) is 4.74 Å². The lowest BCUT2D eigenvalue weighted by molar-refractivity contribution is 0.0794. The topological polar surface area (TPSA) is 71.5 Å². The third-order valence-corrected chi connectivity index (χ3v) is 3.23. The van der Waals surface area contributed by atoms with Gasteiger partial charge in [0.1, 0.15) is 0 Å². The Hall–Kier alpha value is -2.54. The van der Waals surface area contributed by atoms with E-state index in [9.17, 15) is 18.7 Å². The summed E-state index contributed by atoms with van der Waals surface area (Å²) in [6.45, 7) is -1.01. The molecule has 0 aliphatic rings. The van der Waals surface area contributed by atoms with Gasteiger partial charge in [0.2, 0.25) is 5.88 Å². The molecule has 24 heavy (non-hydrogen) atoms. The van der Waals surface area contributed by atoms with Crippen molar-refractivity contribution in [1.29, 1.82) is 0 Å². The van der Waals surface area contributed by atoms with Gasteiger partial charge >= 0.3 is 0 Å². The molecule has 2 aromatic rings. The van der Waals surface area contributed by atoms with Crippen LogP contribution in [0.4, 0.5) is 8.78 Å². The first-order valence-corrected chi connectivity index (χ1v) is 7.41. The standard InChI is InChI=1S/C17H18F2N2O3/c18-15(19)11-24-16-9-13(6-7-20-16)17(23)21-14(10-22)8-12-4-2-1-3-5-12/h1-7,9,14-15,22H,8,10-11H2,(H,21,23). The van der Waals surface area contributed by atoms with E-state index in [0.717, 1.165) is 5.56 Å². The second-order valence-corrected chi connectivity index (χ2v) is 5.13. The van der Waals surface area contributed by atoms with Gasteiger partial charge in [-0.05, 0) is 18.1 Å². The summed E-state index contributed by atoms with van der Waals surface area (Å²) in [6, 6.07) is 11.7. The van der Waals surface area contributed by atoms with E-state index < -0.39 is 25.0 Å². The second kappa shape index (κ2) is 8.93. The highest BCUT2D eigenvalue weighted by Crippen LogP contribution is 2.11. The summed E-state index contributed by atoms with van der Waals surface area (Å²) in [6.07, 6.45) is -0.835. The molecular weight excluding hydrogens is 318 g/mol. The largest absolute Gasteiger partial charge is 0.472 e. The van der Waals surface area contributed by atoms with Crippen molar-refractivity contribution in [1.82, 2.24) is 10.3 Å². The zero-order valence-electron chi connectivity index (χ0n) is 12.9. The molecule has 128 valence electrons. The maximum absolute atomic E-state index is 12.2. The van der Waals surface area contributed by atoms with Gasteiger partial charge in [0, 0.05) is 17.8 Å². The molecule has 7 heteroatoms. The van der Waals surface area contributed by atoms with Crippen LogP contribution in [-0.4, -0.2) is 41.7 Å². The van der Waals surface area contributed by atoms with E-state index >= 15 is 0 Å². The molecule has 1 aromatic carbocycles. The number of benzene rings is 1. The van der Waals surface area contributed by atoms with Gasteiger partial charge in [-0.2, -0.15) is 0 Å². The number of aromatic nitrogens is 1. The van der Waals surface area contributed by atoms with Crippen molar-refractivity contribution < 1.29 is 23.4 Å².